The van der Waals surface area contributed by atoms with E-state index in [9.17, 15) is 0 Å². The number of piperazine rings is 1. The third-order valence-corrected chi connectivity index (χ3v) is 5.44. The van der Waals surface area contributed by atoms with E-state index in [4.69, 9.17) is 10.1 Å². The van der Waals surface area contributed by atoms with Crippen LogP contribution < -0.4 is 4.90 Å². The Morgan fingerprint density at radius 3 is 2.36 bits per heavy atom. The molecule has 146 valence electrons. The summed E-state index contributed by atoms with van der Waals surface area (Å²) in [5.41, 5.74) is 7.76. The fraction of sp³-hybridized carbons (Fsp3) is 0.391. The fourth-order valence-corrected chi connectivity index (χ4v) is 3.95. The number of aryl methyl sites for hydroxylation is 3. The van der Waals surface area contributed by atoms with Gasteiger partial charge in [0.05, 0.1) is 5.69 Å². The lowest BCUT2D eigenvalue weighted by Crippen LogP contribution is -2.47. The number of fused-ring (bicyclic) bond motifs is 1. The molecule has 0 saturated carbocycles. The van der Waals surface area contributed by atoms with E-state index in [2.05, 4.69) is 74.4 Å². The maximum absolute atomic E-state index is 4.98. The molecule has 0 atom stereocenters. The van der Waals surface area contributed by atoms with Crippen LogP contribution in [0.4, 0.5) is 5.82 Å². The number of benzene rings is 1. The zero-order valence-corrected chi connectivity index (χ0v) is 17.4. The van der Waals surface area contributed by atoms with Crippen molar-refractivity contribution in [3.05, 3.63) is 59.3 Å². The van der Waals surface area contributed by atoms with Crippen LogP contribution in [0.3, 0.4) is 0 Å². The van der Waals surface area contributed by atoms with E-state index in [-0.39, 0.29) is 0 Å². The first-order valence-electron chi connectivity index (χ1n) is 9.98. The second-order valence-electron chi connectivity index (χ2n) is 8.05. The summed E-state index contributed by atoms with van der Waals surface area (Å²) >= 11 is 0. The predicted molar refractivity (Wildman–Crippen MR) is 116 cm³/mol. The third kappa shape index (κ3) is 3.54. The molecular weight excluding hydrogens is 346 g/mol. The molecule has 0 unspecified atom stereocenters. The Morgan fingerprint density at radius 2 is 1.71 bits per heavy atom. The zero-order chi connectivity index (χ0) is 19.8. The Bertz CT molecular complexity index is 1010. The molecule has 0 amide bonds. The molecule has 3 heterocycles. The summed E-state index contributed by atoms with van der Waals surface area (Å²) < 4.78 is 2.03. The minimum atomic E-state index is 0.954. The van der Waals surface area contributed by atoms with E-state index < -0.39 is 0 Å². The largest absolute Gasteiger partial charge is 0.354 e. The van der Waals surface area contributed by atoms with Crippen LogP contribution in [0.1, 0.15) is 23.7 Å². The van der Waals surface area contributed by atoms with Crippen molar-refractivity contribution in [1.82, 2.24) is 19.5 Å². The molecule has 28 heavy (non-hydrogen) atoms. The first kappa shape index (κ1) is 18.7. The van der Waals surface area contributed by atoms with Crippen LogP contribution in [0.25, 0.3) is 16.9 Å². The molecule has 0 spiro atoms. The van der Waals surface area contributed by atoms with Gasteiger partial charge in [0.2, 0.25) is 0 Å². The van der Waals surface area contributed by atoms with Crippen molar-refractivity contribution in [2.24, 2.45) is 0 Å². The molecule has 0 radical (unpaired) electrons. The molecule has 1 aliphatic rings. The quantitative estimate of drug-likeness (QED) is 0.646. The first-order valence-corrected chi connectivity index (χ1v) is 9.98. The van der Waals surface area contributed by atoms with Gasteiger partial charge in [0.15, 0.2) is 5.65 Å². The minimum absolute atomic E-state index is 0.954. The number of aromatic nitrogens is 3. The molecule has 3 aromatic rings. The fourth-order valence-electron chi connectivity index (χ4n) is 3.95. The highest BCUT2D eigenvalue weighted by atomic mass is 15.4. The van der Waals surface area contributed by atoms with E-state index in [1.807, 2.05) is 4.52 Å². The normalized spacial score (nSPS) is 15.4. The summed E-state index contributed by atoms with van der Waals surface area (Å²) in [4.78, 5) is 9.70. The van der Waals surface area contributed by atoms with Crippen LogP contribution in [-0.4, -0.2) is 52.2 Å². The maximum atomic E-state index is 4.98. The van der Waals surface area contributed by atoms with Gasteiger partial charge < -0.3 is 4.90 Å². The highest BCUT2D eigenvalue weighted by Crippen LogP contribution is 2.28. The standard InChI is InChI=1S/C23H29N5/c1-16(2)15-26-10-12-27(13-11-26)21-14-18(4)24-23-19(5)22(25-28(21)23)20-8-6-17(3)7-9-20/h6-9,14H,1,10-13,15H2,2-5H3. The van der Waals surface area contributed by atoms with Crippen molar-refractivity contribution in [3.63, 3.8) is 0 Å². The Hall–Kier alpha value is -2.66. The summed E-state index contributed by atoms with van der Waals surface area (Å²) in [6, 6.07) is 10.7. The average molecular weight is 376 g/mol. The summed E-state index contributed by atoms with van der Waals surface area (Å²) in [6.45, 7) is 17.5. The van der Waals surface area contributed by atoms with E-state index >= 15 is 0 Å². The van der Waals surface area contributed by atoms with E-state index in [1.165, 1.54) is 11.1 Å². The molecule has 0 bridgehead atoms. The molecule has 1 fully saturated rings. The zero-order valence-electron chi connectivity index (χ0n) is 17.4. The lowest BCUT2D eigenvalue weighted by Gasteiger charge is -2.36. The van der Waals surface area contributed by atoms with Gasteiger partial charge in [-0.3, -0.25) is 4.90 Å². The monoisotopic (exact) mass is 375 g/mol. The molecule has 0 N–H and O–H groups in total. The second-order valence-corrected chi connectivity index (χ2v) is 8.05. The van der Waals surface area contributed by atoms with Crippen LogP contribution in [0.15, 0.2) is 42.5 Å². The van der Waals surface area contributed by atoms with Gasteiger partial charge in [-0.15, -0.1) is 0 Å². The molecule has 5 heteroatoms. The van der Waals surface area contributed by atoms with Crippen LogP contribution >= 0.6 is 0 Å². The minimum Gasteiger partial charge on any atom is -0.354 e. The SMILES string of the molecule is C=C(C)CN1CCN(c2cc(C)nc3c(C)c(-c4ccc(C)cc4)nn23)CC1. The third-order valence-electron chi connectivity index (χ3n) is 5.44. The lowest BCUT2D eigenvalue weighted by molar-refractivity contribution is 0.277. The highest BCUT2D eigenvalue weighted by Gasteiger charge is 2.22. The molecule has 5 nitrogen and oxygen atoms in total. The van der Waals surface area contributed by atoms with Crippen LogP contribution in [0.5, 0.6) is 0 Å². The van der Waals surface area contributed by atoms with Gasteiger partial charge in [-0.2, -0.15) is 9.61 Å². The van der Waals surface area contributed by atoms with Crippen LogP contribution in [0.2, 0.25) is 0 Å². The molecule has 1 aromatic carbocycles. The van der Waals surface area contributed by atoms with Crippen molar-refractivity contribution in [2.75, 3.05) is 37.6 Å². The van der Waals surface area contributed by atoms with Gasteiger partial charge in [-0.1, -0.05) is 42.0 Å². The molecule has 4 rings (SSSR count). The Labute approximate surface area is 167 Å². The van der Waals surface area contributed by atoms with Crippen molar-refractivity contribution >= 4 is 11.5 Å². The molecule has 1 saturated heterocycles. The Morgan fingerprint density at radius 1 is 1.04 bits per heavy atom. The second kappa shape index (κ2) is 7.40. The summed E-state index contributed by atoms with van der Waals surface area (Å²) in [7, 11) is 0. The molecule has 1 aliphatic heterocycles. The number of rotatable bonds is 4. The Balaban J connectivity index is 1.70. The molecular formula is C23H29N5. The predicted octanol–water partition coefficient (Wildman–Crippen LogP) is 4.02. The number of hydrogen-bond donors (Lipinski definition) is 0. The van der Waals surface area contributed by atoms with Crippen LogP contribution in [0, 0.1) is 20.8 Å². The van der Waals surface area contributed by atoms with Gasteiger partial charge in [-0.05, 0) is 27.7 Å². The van der Waals surface area contributed by atoms with E-state index in [0.29, 0.717) is 0 Å². The number of anilines is 1. The topological polar surface area (TPSA) is 36.7 Å². The lowest BCUT2D eigenvalue weighted by atomic mass is 10.1. The number of hydrogen-bond acceptors (Lipinski definition) is 4. The van der Waals surface area contributed by atoms with Gasteiger partial charge in [0.1, 0.15) is 5.82 Å². The van der Waals surface area contributed by atoms with Crippen molar-refractivity contribution < 1.29 is 0 Å². The van der Waals surface area contributed by atoms with E-state index in [0.717, 1.165) is 66.7 Å². The summed E-state index contributed by atoms with van der Waals surface area (Å²) in [6.07, 6.45) is 0. The number of nitrogens with zero attached hydrogens (tertiary/aromatic N) is 5. The maximum Gasteiger partial charge on any atom is 0.161 e. The first-order chi connectivity index (χ1) is 13.4. The Kier molecular flexibility index (Phi) is 4.94. The average Bonchev–Trinajstić information content (AvgIpc) is 2.99. The van der Waals surface area contributed by atoms with Crippen molar-refractivity contribution in [3.8, 4) is 11.3 Å². The summed E-state index contributed by atoms with van der Waals surface area (Å²) in [5.74, 6) is 1.14. The smallest absolute Gasteiger partial charge is 0.161 e. The van der Waals surface area contributed by atoms with Crippen molar-refractivity contribution in [2.45, 2.75) is 27.7 Å². The van der Waals surface area contributed by atoms with Gasteiger partial charge >= 0.3 is 0 Å². The van der Waals surface area contributed by atoms with Crippen LogP contribution in [-0.2, 0) is 0 Å². The highest BCUT2D eigenvalue weighted by molar-refractivity contribution is 5.72. The van der Waals surface area contributed by atoms with Gasteiger partial charge in [0.25, 0.3) is 0 Å². The molecule has 2 aromatic heterocycles. The van der Waals surface area contributed by atoms with Gasteiger partial charge in [-0.25, -0.2) is 4.98 Å². The van der Waals surface area contributed by atoms with Crippen molar-refractivity contribution in [1.29, 1.82) is 0 Å². The van der Waals surface area contributed by atoms with E-state index in [1.54, 1.807) is 0 Å². The molecule has 0 aliphatic carbocycles. The van der Waals surface area contributed by atoms with Gasteiger partial charge in [0, 0.05) is 55.6 Å². The summed E-state index contributed by atoms with van der Waals surface area (Å²) in [5, 5.41) is 4.98.